The van der Waals surface area contributed by atoms with Gasteiger partial charge in [0.1, 0.15) is 0 Å². The third-order valence-electron chi connectivity index (χ3n) is 3.29. The third kappa shape index (κ3) is 3.96. The largest absolute Gasteiger partial charge is 0.415 e. The molecule has 0 heterocycles. The number of hydrogen-bond acceptors (Lipinski definition) is 2. The average molecular weight is 288 g/mol. The standard InChI is InChI=1S/C14H19F3N2O/c1-10(11-6-4-3-5-7-11)8-9-19-12(20)13(2,18)14(15,16)17/h3-7,10H,8-9,18H2,1-2H3,(H,19,20). The van der Waals surface area contributed by atoms with Crippen molar-refractivity contribution in [2.75, 3.05) is 6.54 Å². The number of amides is 1. The molecule has 1 aromatic rings. The lowest BCUT2D eigenvalue weighted by Crippen LogP contribution is -2.61. The molecule has 3 N–H and O–H groups in total. The Labute approximate surface area is 116 Å². The van der Waals surface area contributed by atoms with Crippen molar-refractivity contribution < 1.29 is 18.0 Å². The summed E-state index contributed by atoms with van der Waals surface area (Å²) < 4.78 is 37.6. The maximum Gasteiger partial charge on any atom is 0.415 e. The first-order chi connectivity index (χ1) is 9.16. The molecular formula is C14H19F3N2O. The predicted molar refractivity (Wildman–Crippen MR) is 71.1 cm³/mol. The Balaban J connectivity index is 2.47. The van der Waals surface area contributed by atoms with Crippen molar-refractivity contribution in [3.05, 3.63) is 35.9 Å². The molecule has 1 aromatic carbocycles. The highest BCUT2D eigenvalue weighted by atomic mass is 19.4. The van der Waals surface area contributed by atoms with Crippen LogP contribution in [-0.4, -0.2) is 24.2 Å². The number of hydrogen-bond donors (Lipinski definition) is 2. The summed E-state index contributed by atoms with van der Waals surface area (Å²) in [5, 5.41) is 2.25. The molecule has 0 saturated heterocycles. The van der Waals surface area contributed by atoms with Gasteiger partial charge in [-0.1, -0.05) is 37.3 Å². The summed E-state index contributed by atoms with van der Waals surface area (Å²) >= 11 is 0. The van der Waals surface area contributed by atoms with Crippen LogP contribution in [0.5, 0.6) is 0 Å². The molecule has 1 rings (SSSR count). The van der Waals surface area contributed by atoms with E-state index in [0.717, 1.165) is 5.56 Å². The van der Waals surface area contributed by atoms with Gasteiger partial charge in [-0.3, -0.25) is 4.79 Å². The molecule has 2 unspecified atom stereocenters. The third-order valence-corrected chi connectivity index (χ3v) is 3.29. The number of carbonyl (C=O) groups is 1. The first-order valence-corrected chi connectivity index (χ1v) is 6.35. The average Bonchev–Trinajstić information content (AvgIpc) is 2.38. The van der Waals surface area contributed by atoms with Crippen molar-refractivity contribution in [3.8, 4) is 0 Å². The van der Waals surface area contributed by atoms with E-state index in [0.29, 0.717) is 13.3 Å². The second kappa shape index (κ2) is 6.26. The summed E-state index contributed by atoms with van der Waals surface area (Å²) in [4.78, 5) is 11.5. The van der Waals surface area contributed by atoms with Crippen LogP contribution in [0.3, 0.4) is 0 Å². The van der Waals surface area contributed by atoms with Crippen molar-refractivity contribution in [2.24, 2.45) is 5.73 Å². The van der Waals surface area contributed by atoms with Crippen LogP contribution in [0.15, 0.2) is 30.3 Å². The molecule has 2 atom stereocenters. The fourth-order valence-electron chi connectivity index (χ4n) is 1.66. The highest BCUT2D eigenvalue weighted by molar-refractivity contribution is 5.86. The van der Waals surface area contributed by atoms with Gasteiger partial charge in [0.25, 0.3) is 0 Å². The van der Waals surface area contributed by atoms with Crippen LogP contribution in [0.4, 0.5) is 13.2 Å². The first-order valence-electron chi connectivity index (χ1n) is 6.35. The predicted octanol–water partition coefficient (Wildman–Crippen LogP) is 2.58. The van der Waals surface area contributed by atoms with Crippen molar-refractivity contribution in [3.63, 3.8) is 0 Å². The van der Waals surface area contributed by atoms with Crippen LogP contribution in [0.2, 0.25) is 0 Å². The summed E-state index contributed by atoms with van der Waals surface area (Å²) in [7, 11) is 0. The molecule has 0 fully saturated rings. The zero-order chi connectivity index (χ0) is 15.4. The van der Waals surface area contributed by atoms with Crippen LogP contribution in [0, 0.1) is 0 Å². The van der Waals surface area contributed by atoms with Gasteiger partial charge in [0.2, 0.25) is 5.91 Å². The van der Waals surface area contributed by atoms with Gasteiger partial charge in [-0.15, -0.1) is 0 Å². The molecule has 0 bridgehead atoms. The Hall–Kier alpha value is -1.56. The second-order valence-corrected chi connectivity index (χ2v) is 5.06. The normalized spacial score (nSPS) is 16.3. The summed E-state index contributed by atoms with van der Waals surface area (Å²) in [6.07, 6.45) is -4.22. The first kappa shape index (κ1) is 16.5. The smallest absolute Gasteiger partial charge is 0.354 e. The summed E-state index contributed by atoms with van der Waals surface area (Å²) in [6.45, 7) is 2.77. The summed E-state index contributed by atoms with van der Waals surface area (Å²) in [5.41, 5.74) is 3.25. The molecule has 0 radical (unpaired) electrons. The number of nitrogens with two attached hydrogens (primary N) is 1. The fourth-order valence-corrected chi connectivity index (χ4v) is 1.66. The van der Waals surface area contributed by atoms with Crippen molar-refractivity contribution >= 4 is 5.91 Å². The van der Waals surface area contributed by atoms with Crippen LogP contribution < -0.4 is 11.1 Å². The number of rotatable bonds is 5. The highest BCUT2D eigenvalue weighted by Gasteiger charge is 2.53. The van der Waals surface area contributed by atoms with Gasteiger partial charge in [-0.25, -0.2) is 0 Å². The molecule has 0 aromatic heterocycles. The Morgan fingerprint density at radius 3 is 2.35 bits per heavy atom. The fraction of sp³-hybridized carbons (Fsp3) is 0.500. The van der Waals surface area contributed by atoms with Crippen LogP contribution >= 0.6 is 0 Å². The molecule has 0 spiro atoms. The Kier molecular flexibility index (Phi) is 5.16. The molecule has 3 nitrogen and oxygen atoms in total. The van der Waals surface area contributed by atoms with Gasteiger partial charge in [0.15, 0.2) is 5.54 Å². The van der Waals surface area contributed by atoms with Gasteiger partial charge in [-0.2, -0.15) is 13.2 Å². The van der Waals surface area contributed by atoms with Gasteiger partial charge >= 0.3 is 6.18 Å². The van der Waals surface area contributed by atoms with E-state index in [4.69, 9.17) is 5.73 Å². The van der Waals surface area contributed by atoms with Gasteiger partial charge in [0.05, 0.1) is 0 Å². The zero-order valence-corrected chi connectivity index (χ0v) is 11.5. The van der Waals surface area contributed by atoms with Crippen LogP contribution in [0.1, 0.15) is 31.7 Å². The Morgan fingerprint density at radius 2 is 1.85 bits per heavy atom. The van der Waals surface area contributed by atoms with E-state index in [2.05, 4.69) is 5.32 Å². The van der Waals surface area contributed by atoms with Gasteiger partial charge in [0, 0.05) is 6.54 Å². The molecule has 1 amide bonds. The Morgan fingerprint density at radius 1 is 1.30 bits per heavy atom. The van der Waals surface area contributed by atoms with E-state index in [9.17, 15) is 18.0 Å². The summed E-state index contributed by atoms with van der Waals surface area (Å²) in [5.74, 6) is -1.06. The van der Waals surface area contributed by atoms with E-state index in [-0.39, 0.29) is 12.5 Å². The zero-order valence-electron chi connectivity index (χ0n) is 11.5. The topological polar surface area (TPSA) is 55.1 Å². The van der Waals surface area contributed by atoms with Crippen molar-refractivity contribution in [2.45, 2.75) is 37.9 Å². The molecular weight excluding hydrogens is 269 g/mol. The van der Waals surface area contributed by atoms with Crippen molar-refractivity contribution in [1.82, 2.24) is 5.32 Å². The molecule has 0 aliphatic heterocycles. The SMILES string of the molecule is CC(CCNC(=O)C(C)(N)C(F)(F)F)c1ccccc1. The number of nitrogens with one attached hydrogen (secondary N) is 1. The van der Waals surface area contributed by atoms with Gasteiger partial charge in [-0.05, 0) is 24.8 Å². The van der Waals surface area contributed by atoms with Crippen molar-refractivity contribution in [1.29, 1.82) is 0 Å². The maximum atomic E-state index is 12.5. The highest BCUT2D eigenvalue weighted by Crippen LogP contribution is 2.28. The van der Waals surface area contributed by atoms with E-state index in [1.165, 1.54) is 0 Å². The summed E-state index contributed by atoms with van der Waals surface area (Å²) in [6, 6.07) is 9.56. The number of alkyl halides is 3. The van der Waals surface area contributed by atoms with Crippen LogP contribution in [-0.2, 0) is 4.79 Å². The minimum Gasteiger partial charge on any atom is -0.354 e. The van der Waals surface area contributed by atoms with Crippen LogP contribution in [0.25, 0.3) is 0 Å². The number of halogens is 3. The minimum atomic E-state index is -4.76. The lowest BCUT2D eigenvalue weighted by molar-refractivity contribution is -0.187. The lowest BCUT2D eigenvalue weighted by atomic mass is 9.97. The minimum absolute atomic E-state index is 0.145. The molecule has 0 aliphatic carbocycles. The quantitative estimate of drug-likeness (QED) is 0.875. The number of benzene rings is 1. The van der Waals surface area contributed by atoms with E-state index < -0.39 is 17.6 Å². The van der Waals surface area contributed by atoms with E-state index in [1.807, 2.05) is 37.3 Å². The lowest BCUT2D eigenvalue weighted by Gasteiger charge is -2.26. The second-order valence-electron chi connectivity index (χ2n) is 5.06. The monoisotopic (exact) mass is 288 g/mol. The van der Waals surface area contributed by atoms with Gasteiger partial charge < -0.3 is 11.1 Å². The molecule has 0 saturated carbocycles. The number of carbonyl (C=O) groups excluding carboxylic acids is 1. The molecule has 6 heteroatoms. The Bertz CT molecular complexity index is 443. The van der Waals surface area contributed by atoms with E-state index >= 15 is 0 Å². The maximum absolute atomic E-state index is 12.5. The van der Waals surface area contributed by atoms with E-state index in [1.54, 1.807) is 0 Å². The molecule has 112 valence electrons. The molecule has 20 heavy (non-hydrogen) atoms. The molecule has 0 aliphatic rings.